The molecule has 1 aliphatic rings. The Morgan fingerprint density at radius 2 is 1.60 bits per heavy atom. The molecule has 1 amide bonds. The lowest BCUT2D eigenvalue weighted by atomic mass is 10.1. The SMILES string of the molecule is C=CC(=O)NCc1ccccc1CN1CCN(c2ccccc2)CC1. The van der Waals surface area contributed by atoms with E-state index in [1.54, 1.807) is 0 Å². The van der Waals surface area contributed by atoms with Crippen molar-refractivity contribution in [1.29, 1.82) is 0 Å². The summed E-state index contributed by atoms with van der Waals surface area (Å²) in [7, 11) is 0. The van der Waals surface area contributed by atoms with Gasteiger partial charge in [-0.3, -0.25) is 9.69 Å². The number of para-hydroxylation sites is 1. The molecular weight excluding hydrogens is 310 g/mol. The predicted molar refractivity (Wildman–Crippen MR) is 102 cm³/mol. The molecule has 25 heavy (non-hydrogen) atoms. The molecule has 4 heteroatoms. The first-order valence-electron chi connectivity index (χ1n) is 8.75. The standard InChI is InChI=1S/C21H25N3O/c1-2-21(25)22-16-18-8-6-7-9-19(18)17-23-12-14-24(15-13-23)20-10-4-3-5-11-20/h2-11H,1,12-17H2,(H,22,25). The van der Waals surface area contributed by atoms with E-state index in [1.807, 2.05) is 6.07 Å². The Morgan fingerprint density at radius 3 is 2.28 bits per heavy atom. The molecule has 0 saturated carbocycles. The molecule has 0 bridgehead atoms. The fourth-order valence-electron chi connectivity index (χ4n) is 3.18. The van der Waals surface area contributed by atoms with Gasteiger partial charge in [-0.2, -0.15) is 0 Å². The third-order valence-corrected chi connectivity index (χ3v) is 4.64. The highest BCUT2D eigenvalue weighted by atomic mass is 16.1. The van der Waals surface area contributed by atoms with E-state index in [1.165, 1.54) is 22.9 Å². The van der Waals surface area contributed by atoms with Gasteiger partial charge in [0.15, 0.2) is 0 Å². The Labute approximate surface area is 149 Å². The molecule has 1 N–H and O–H groups in total. The van der Waals surface area contributed by atoms with Crippen LogP contribution in [0.5, 0.6) is 0 Å². The summed E-state index contributed by atoms with van der Waals surface area (Å²) in [6, 6.07) is 18.9. The molecule has 0 aromatic heterocycles. The predicted octanol–water partition coefficient (Wildman–Crippen LogP) is 2.81. The quantitative estimate of drug-likeness (QED) is 0.825. The van der Waals surface area contributed by atoms with Gasteiger partial charge in [0, 0.05) is 45.0 Å². The number of amides is 1. The maximum atomic E-state index is 11.4. The number of carbonyl (C=O) groups is 1. The summed E-state index contributed by atoms with van der Waals surface area (Å²) in [6.07, 6.45) is 1.31. The van der Waals surface area contributed by atoms with Gasteiger partial charge in [0.2, 0.25) is 5.91 Å². The van der Waals surface area contributed by atoms with Crippen LogP contribution in [-0.2, 0) is 17.9 Å². The highest BCUT2D eigenvalue weighted by Gasteiger charge is 2.18. The number of nitrogens with zero attached hydrogens (tertiary/aromatic N) is 2. The molecule has 1 heterocycles. The lowest BCUT2D eigenvalue weighted by molar-refractivity contribution is -0.116. The van der Waals surface area contributed by atoms with Crippen LogP contribution in [-0.4, -0.2) is 37.0 Å². The third kappa shape index (κ3) is 4.70. The zero-order chi connectivity index (χ0) is 17.5. The number of carbonyl (C=O) groups excluding carboxylic acids is 1. The van der Waals surface area contributed by atoms with Crippen LogP contribution in [0.4, 0.5) is 5.69 Å². The molecule has 4 nitrogen and oxygen atoms in total. The van der Waals surface area contributed by atoms with E-state index in [0.29, 0.717) is 6.54 Å². The van der Waals surface area contributed by atoms with Crippen LogP contribution in [0.2, 0.25) is 0 Å². The van der Waals surface area contributed by atoms with E-state index in [0.717, 1.165) is 32.7 Å². The molecule has 2 aromatic carbocycles. The van der Waals surface area contributed by atoms with Crippen LogP contribution >= 0.6 is 0 Å². The molecule has 130 valence electrons. The highest BCUT2D eigenvalue weighted by Crippen LogP contribution is 2.18. The van der Waals surface area contributed by atoms with Gasteiger partial charge in [-0.1, -0.05) is 49.0 Å². The number of rotatable bonds is 6. The summed E-state index contributed by atoms with van der Waals surface area (Å²) in [4.78, 5) is 16.3. The molecule has 0 aliphatic carbocycles. The molecule has 3 rings (SSSR count). The maximum absolute atomic E-state index is 11.4. The number of hydrogen-bond acceptors (Lipinski definition) is 3. The summed E-state index contributed by atoms with van der Waals surface area (Å²) in [5, 5.41) is 2.87. The monoisotopic (exact) mass is 335 g/mol. The van der Waals surface area contributed by atoms with Crippen molar-refractivity contribution in [2.75, 3.05) is 31.1 Å². The number of nitrogens with one attached hydrogen (secondary N) is 1. The molecule has 0 radical (unpaired) electrons. The number of anilines is 1. The van der Waals surface area contributed by atoms with E-state index in [4.69, 9.17) is 0 Å². The van der Waals surface area contributed by atoms with Gasteiger partial charge in [0.1, 0.15) is 0 Å². The fraction of sp³-hybridized carbons (Fsp3) is 0.286. The average Bonchev–Trinajstić information content (AvgIpc) is 2.68. The van der Waals surface area contributed by atoms with E-state index in [-0.39, 0.29) is 5.91 Å². The van der Waals surface area contributed by atoms with Crippen LogP contribution in [0, 0.1) is 0 Å². The number of piperazine rings is 1. The number of benzene rings is 2. The maximum Gasteiger partial charge on any atom is 0.243 e. The van der Waals surface area contributed by atoms with Gasteiger partial charge in [0.05, 0.1) is 0 Å². The minimum Gasteiger partial charge on any atom is -0.369 e. The molecule has 0 spiro atoms. The Morgan fingerprint density at radius 1 is 0.960 bits per heavy atom. The van der Waals surface area contributed by atoms with Crippen molar-refractivity contribution in [1.82, 2.24) is 10.2 Å². The zero-order valence-corrected chi connectivity index (χ0v) is 14.5. The van der Waals surface area contributed by atoms with Gasteiger partial charge in [0.25, 0.3) is 0 Å². The second-order valence-electron chi connectivity index (χ2n) is 6.29. The molecular formula is C21H25N3O. The van der Waals surface area contributed by atoms with Crippen molar-refractivity contribution in [3.8, 4) is 0 Å². The summed E-state index contributed by atoms with van der Waals surface area (Å²) >= 11 is 0. The summed E-state index contributed by atoms with van der Waals surface area (Å²) in [5.41, 5.74) is 3.75. The largest absolute Gasteiger partial charge is 0.369 e. The van der Waals surface area contributed by atoms with Crippen molar-refractivity contribution in [2.24, 2.45) is 0 Å². The Kier molecular flexibility index (Phi) is 5.86. The summed E-state index contributed by atoms with van der Waals surface area (Å²) in [5.74, 6) is -0.133. The van der Waals surface area contributed by atoms with Crippen LogP contribution in [0.25, 0.3) is 0 Å². The van der Waals surface area contributed by atoms with Gasteiger partial charge >= 0.3 is 0 Å². The van der Waals surface area contributed by atoms with Gasteiger partial charge < -0.3 is 10.2 Å². The topological polar surface area (TPSA) is 35.6 Å². The lowest BCUT2D eigenvalue weighted by Crippen LogP contribution is -2.46. The zero-order valence-electron chi connectivity index (χ0n) is 14.5. The van der Waals surface area contributed by atoms with Crippen LogP contribution in [0.15, 0.2) is 67.3 Å². The second-order valence-corrected chi connectivity index (χ2v) is 6.29. The van der Waals surface area contributed by atoms with E-state index in [9.17, 15) is 4.79 Å². The first-order chi connectivity index (χ1) is 12.3. The summed E-state index contributed by atoms with van der Waals surface area (Å²) < 4.78 is 0. The van der Waals surface area contributed by atoms with E-state index in [2.05, 4.69) is 70.2 Å². The average molecular weight is 335 g/mol. The van der Waals surface area contributed by atoms with Crippen molar-refractivity contribution >= 4 is 11.6 Å². The van der Waals surface area contributed by atoms with Crippen LogP contribution < -0.4 is 10.2 Å². The van der Waals surface area contributed by atoms with Crippen molar-refractivity contribution in [3.63, 3.8) is 0 Å². The van der Waals surface area contributed by atoms with Crippen LogP contribution in [0.1, 0.15) is 11.1 Å². The fourth-order valence-corrected chi connectivity index (χ4v) is 3.18. The first-order valence-corrected chi connectivity index (χ1v) is 8.75. The smallest absolute Gasteiger partial charge is 0.243 e. The van der Waals surface area contributed by atoms with Crippen molar-refractivity contribution in [2.45, 2.75) is 13.1 Å². The van der Waals surface area contributed by atoms with E-state index < -0.39 is 0 Å². The molecule has 1 aliphatic heterocycles. The normalized spacial score (nSPS) is 15.0. The van der Waals surface area contributed by atoms with Crippen LogP contribution in [0.3, 0.4) is 0 Å². The Bertz CT molecular complexity index is 706. The van der Waals surface area contributed by atoms with Gasteiger partial charge in [-0.15, -0.1) is 0 Å². The minimum absolute atomic E-state index is 0.133. The molecule has 1 saturated heterocycles. The van der Waals surface area contributed by atoms with E-state index >= 15 is 0 Å². The molecule has 1 fully saturated rings. The third-order valence-electron chi connectivity index (χ3n) is 4.64. The van der Waals surface area contributed by atoms with Gasteiger partial charge in [-0.05, 0) is 29.3 Å². The lowest BCUT2D eigenvalue weighted by Gasteiger charge is -2.36. The highest BCUT2D eigenvalue weighted by molar-refractivity contribution is 5.86. The molecule has 0 unspecified atom stereocenters. The molecule has 0 atom stereocenters. The first kappa shape index (κ1) is 17.2. The molecule has 2 aromatic rings. The Balaban J connectivity index is 1.57. The number of hydrogen-bond donors (Lipinski definition) is 1. The minimum atomic E-state index is -0.133. The summed E-state index contributed by atoms with van der Waals surface area (Å²) in [6.45, 7) is 9.13. The van der Waals surface area contributed by atoms with Crippen molar-refractivity contribution in [3.05, 3.63) is 78.4 Å². The van der Waals surface area contributed by atoms with Gasteiger partial charge in [-0.25, -0.2) is 0 Å². The second kappa shape index (κ2) is 8.49. The van der Waals surface area contributed by atoms with Crippen molar-refractivity contribution < 1.29 is 4.79 Å². The Hall–Kier alpha value is -2.59.